The summed E-state index contributed by atoms with van der Waals surface area (Å²) in [6.07, 6.45) is 2.69. The van der Waals surface area contributed by atoms with E-state index < -0.39 is 0 Å². The molecule has 0 spiro atoms. The second-order valence-electron chi connectivity index (χ2n) is 5.88. The Balaban J connectivity index is 2.08. The van der Waals surface area contributed by atoms with Crippen LogP contribution in [0, 0.1) is 5.92 Å². The zero-order chi connectivity index (χ0) is 15.2. The minimum atomic E-state index is 0.00320. The third-order valence-electron chi connectivity index (χ3n) is 4.07. The number of nitrogens with zero attached hydrogens (tertiary/aromatic N) is 3. The number of ether oxygens (including phenoxy) is 1. The van der Waals surface area contributed by atoms with E-state index in [1.807, 2.05) is 17.0 Å². The van der Waals surface area contributed by atoms with Crippen LogP contribution in [-0.2, 0) is 4.74 Å². The lowest BCUT2D eigenvalue weighted by atomic mass is 9.96. The molecule has 1 aromatic heterocycles. The molecule has 2 rings (SSSR count). The van der Waals surface area contributed by atoms with Crippen LogP contribution in [0.2, 0.25) is 0 Å². The van der Waals surface area contributed by atoms with E-state index in [1.165, 1.54) is 0 Å². The highest BCUT2D eigenvalue weighted by Gasteiger charge is 2.30. The average molecular weight is 291 g/mol. The van der Waals surface area contributed by atoms with Gasteiger partial charge < -0.3 is 14.5 Å². The summed E-state index contributed by atoms with van der Waals surface area (Å²) in [4.78, 5) is 20.9. The summed E-state index contributed by atoms with van der Waals surface area (Å²) < 4.78 is 5.69. The maximum Gasteiger partial charge on any atom is 0.272 e. The number of amides is 1. The molecule has 1 aliphatic rings. The van der Waals surface area contributed by atoms with Crippen molar-refractivity contribution >= 4 is 5.91 Å². The summed E-state index contributed by atoms with van der Waals surface area (Å²) in [5.41, 5.74) is 0.512. The predicted octanol–water partition coefficient (Wildman–Crippen LogP) is 1.51. The van der Waals surface area contributed by atoms with E-state index in [1.54, 1.807) is 12.3 Å². The highest BCUT2D eigenvalue weighted by atomic mass is 16.5. The topological polar surface area (TPSA) is 45.7 Å². The maximum absolute atomic E-state index is 12.6. The van der Waals surface area contributed by atoms with Crippen molar-refractivity contribution in [2.45, 2.75) is 19.4 Å². The monoisotopic (exact) mass is 291 g/mol. The van der Waals surface area contributed by atoms with Gasteiger partial charge in [-0.05, 0) is 46.1 Å². The number of hydrogen-bond acceptors (Lipinski definition) is 4. The van der Waals surface area contributed by atoms with Gasteiger partial charge in [-0.1, -0.05) is 6.07 Å². The molecule has 0 N–H and O–H groups in total. The Morgan fingerprint density at radius 1 is 1.48 bits per heavy atom. The van der Waals surface area contributed by atoms with Crippen molar-refractivity contribution in [3.63, 3.8) is 0 Å². The van der Waals surface area contributed by atoms with Gasteiger partial charge in [0, 0.05) is 24.7 Å². The third kappa shape index (κ3) is 4.25. The molecule has 1 saturated heterocycles. The molecule has 5 nitrogen and oxygen atoms in total. The van der Waals surface area contributed by atoms with Crippen LogP contribution in [-0.4, -0.2) is 67.1 Å². The second kappa shape index (κ2) is 7.52. The minimum Gasteiger partial charge on any atom is -0.379 e. The summed E-state index contributed by atoms with van der Waals surface area (Å²) in [5.74, 6) is 0.367. The van der Waals surface area contributed by atoms with Gasteiger partial charge in [-0.25, -0.2) is 0 Å². The first-order valence-electron chi connectivity index (χ1n) is 7.54. The van der Waals surface area contributed by atoms with E-state index in [-0.39, 0.29) is 11.9 Å². The molecule has 0 radical (unpaired) electrons. The van der Waals surface area contributed by atoms with Gasteiger partial charge in [-0.15, -0.1) is 0 Å². The van der Waals surface area contributed by atoms with Crippen molar-refractivity contribution in [1.29, 1.82) is 0 Å². The van der Waals surface area contributed by atoms with Gasteiger partial charge in [0.1, 0.15) is 5.69 Å². The van der Waals surface area contributed by atoms with E-state index in [0.29, 0.717) is 24.8 Å². The van der Waals surface area contributed by atoms with Crippen LogP contribution in [0.1, 0.15) is 23.8 Å². The molecule has 1 amide bonds. The first kappa shape index (κ1) is 15.9. The lowest BCUT2D eigenvalue weighted by molar-refractivity contribution is 0.0648. The molecule has 0 unspecified atom stereocenters. The lowest BCUT2D eigenvalue weighted by Crippen LogP contribution is -2.44. The van der Waals surface area contributed by atoms with Gasteiger partial charge in [0.05, 0.1) is 13.2 Å². The Morgan fingerprint density at radius 2 is 2.29 bits per heavy atom. The van der Waals surface area contributed by atoms with Crippen LogP contribution in [0.5, 0.6) is 0 Å². The molecule has 2 atom stereocenters. The molecule has 0 aliphatic carbocycles. The number of hydrogen-bond donors (Lipinski definition) is 0. The van der Waals surface area contributed by atoms with Crippen molar-refractivity contribution in [3.05, 3.63) is 30.1 Å². The van der Waals surface area contributed by atoms with Crippen LogP contribution < -0.4 is 0 Å². The van der Waals surface area contributed by atoms with E-state index >= 15 is 0 Å². The maximum atomic E-state index is 12.6. The number of aromatic nitrogens is 1. The van der Waals surface area contributed by atoms with Gasteiger partial charge in [-0.2, -0.15) is 0 Å². The van der Waals surface area contributed by atoms with Crippen LogP contribution in [0.3, 0.4) is 0 Å². The Hall–Kier alpha value is -1.46. The molecular formula is C16H25N3O2. The molecule has 0 bridgehead atoms. The number of rotatable bonds is 4. The molecule has 116 valence electrons. The molecule has 1 aliphatic heterocycles. The standard InChI is InChI=1S/C16H25N3O2/c1-13-14(7-9-18(2)3)12-21-11-10-19(13)16(20)15-6-4-5-8-17-15/h4-6,8,13-14H,7,9-12H2,1-3H3/t13-,14+/m0/s1. The highest BCUT2D eigenvalue weighted by molar-refractivity contribution is 5.92. The summed E-state index contributed by atoms with van der Waals surface area (Å²) in [6, 6.07) is 5.62. The summed E-state index contributed by atoms with van der Waals surface area (Å²) in [6.45, 7) is 5.08. The van der Waals surface area contributed by atoms with Gasteiger partial charge in [-0.3, -0.25) is 9.78 Å². The van der Waals surface area contributed by atoms with Gasteiger partial charge in [0.15, 0.2) is 0 Å². The normalized spacial score (nSPS) is 23.1. The Morgan fingerprint density at radius 3 is 2.95 bits per heavy atom. The van der Waals surface area contributed by atoms with Gasteiger partial charge in [0.2, 0.25) is 0 Å². The minimum absolute atomic E-state index is 0.00320. The van der Waals surface area contributed by atoms with Crippen LogP contribution in [0.25, 0.3) is 0 Å². The smallest absolute Gasteiger partial charge is 0.272 e. The largest absolute Gasteiger partial charge is 0.379 e. The van der Waals surface area contributed by atoms with E-state index in [4.69, 9.17) is 4.74 Å². The lowest BCUT2D eigenvalue weighted by Gasteiger charge is -2.32. The number of carbonyl (C=O) groups excluding carboxylic acids is 1. The summed E-state index contributed by atoms with van der Waals surface area (Å²) in [7, 11) is 4.14. The number of pyridine rings is 1. The zero-order valence-electron chi connectivity index (χ0n) is 13.2. The summed E-state index contributed by atoms with van der Waals surface area (Å²) in [5, 5.41) is 0. The van der Waals surface area contributed by atoms with Crippen LogP contribution >= 0.6 is 0 Å². The van der Waals surface area contributed by atoms with E-state index in [0.717, 1.165) is 19.6 Å². The highest BCUT2D eigenvalue weighted by Crippen LogP contribution is 2.20. The molecule has 1 fully saturated rings. The summed E-state index contributed by atoms with van der Waals surface area (Å²) >= 11 is 0. The van der Waals surface area contributed by atoms with Crippen molar-refractivity contribution in [2.75, 3.05) is 40.4 Å². The van der Waals surface area contributed by atoms with Crippen LogP contribution in [0.4, 0.5) is 0 Å². The average Bonchev–Trinajstić information content (AvgIpc) is 2.67. The van der Waals surface area contributed by atoms with Crippen molar-refractivity contribution in [1.82, 2.24) is 14.8 Å². The SMILES string of the molecule is C[C@H]1[C@H](CCN(C)C)COCCN1C(=O)c1ccccn1. The van der Waals surface area contributed by atoms with Crippen molar-refractivity contribution in [3.8, 4) is 0 Å². The van der Waals surface area contributed by atoms with Crippen molar-refractivity contribution < 1.29 is 9.53 Å². The molecule has 5 heteroatoms. The first-order valence-corrected chi connectivity index (χ1v) is 7.54. The van der Waals surface area contributed by atoms with E-state index in [9.17, 15) is 4.79 Å². The second-order valence-corrected chi connectivity index (χ2v) is 5.88. The molecule has 2 heterocycles. The van der Waals surface area contributed by atoms with Crippen LogP contribution in [0.15, 0.2) is 24.4 Å². The molecule has 0 aromatic carbocycles. The quantitative estimate of drug-likeness (QED) is 0.843. The van der Waals surface area contributed by atoms with E-state index in [2.05, 4.69) is 30.9 Å². The Bertz CT molecular complexity index is 450. The Kier molecular flexibility index (Phi) is 5.70. The predicted molar refractivity (Wildman–Crippen MR) is 82.2 cm³/mol. The van der Waals surface area contributed by atoms with Crippen molar-refractivity contribution in [2.24, 2.45) is 5.92 Å². The zero-order valence-corrected chi connectivity index (χ0v) is 13.2. The fraction of sp³-hybridized carbons (Fsp3) is 0.625. The molecular weight excluding hydrogens is 266 g/mol. The van der Waals surface area contributed by atoms with Gasteiger partial charge in [0.25, 0.3) is 5.91 Å². The molecule has 1 aromatic rings. The third-order valence-corrected chi connectivity index (χ3v) is 4.07. The number of carbonyl (C=O) groups is 1. The molecule has 0 saturated carbocycles. The Labute approximate surface area is 126 Å². The first-order chi connectivity index (χ1) is 10.1. The fourth-order valence-electron chi connectivity index (χ4n) is 2.67. The molecule has 21 heavy (non-hydrogen) atoms. The fourth-order valence-corrected chi connectivity index (χ4v) is 2.67. The van der Waals surface area contributed by atoms with Gasteiger partial charge >= 0.3 is 0 Å².